The zero-order chi connectivity index (χ0) is 13.0. The minimum Gasteiger partial charge on any atom is -0.392 e. The van der Waals surface area contributed by atoms with Gasteiger partial charge in [0.05, 0.1) is 11.0 Å². The van der Waals surface area contributed by atoms with Crippen LogP contribution in [-0.2, 0) is 6.42 Å². The third-order valence-electron chi connectivity index (χ3n) is 3.28. The van der Waals surface area contributed by atoms with Gasteiger partial charge in [-0.25, -0.2) is 0 Å². The van der Waals surface area contributed by atoms with Crippen LogP contribution in [0.25, 0.3) is 0 Å². The molecule has 1 fully saturated rings. The number of nitrogens with zero attached hydrogens (tertiary/aromatic N) is 1. The van der Waals surface area contributed by atoms with Gasteiger partial charge in [-0.05, 0) is 31.7 Å². The van der Waals surface area contributed by atoms with Gasteiger partial charge in [-0.2, -0.15) is 0 Å². The Kier molecular flexibility index (Phi) is 4.28. The Labute approximate surface area is 106 Å². The molecule has 0 saturated heterocycles. The van der Waals surface area contributed by atoms with Crippen LogP contribution in [-0.4, -0.2) is 29.2 Å². The maximum Gasteiger partial charge on any atom is 0.272 e. The Balaban J connectivity index is 1.77. The molecule has 0 aliphatic heterocycles. The van der Waals surface area contributed by atoms with Crippen LogP contribution >= 0.6 is 0 Å². The van der Waals surface area contributed by atoms with Gasteiger partial charge in [-0.1, -0.05) is 18.2 Å². The molecule has 18 heavy (non-hydrogen) atoms. The summed E-state index contributed by atoms with van der Waals surface area (Å²) in [5.41, 5.74) is 0.901. The summed E-state index contributed by atoms with van der Waals surface area (Å²) in [6.45, 7) is 1.22. The summed E-state index contributed by atoms with van der Waals surface area (Å²) in [6.07, 6.45) is 2.57. The molecule has 2 N–H and O–H groups in total. The fourth-order valence-electron chi connectivity index (χ4n) is 2.02. The van der Waals surface area contributed by atoms with Crippen molar-refractivity contribution in [3.05, 3.63) is 39.9 Å². The second-order valence-corrected chi connectivity index (χ2v) is 4.74. The number of para-hydroxylation sites is 1. The van der Waals surface area contributed by atoms with Gasteiger partial charge >= 0.3 is 0 Å². The topological polar surface area (TPSA) is 75.4 Å². The molecule has 1 aromatic carbocycles. The SMILES string of the molecule is O=[N+]([O-])c1ccccc1CCNCC(O)C1CC1. The molecule has 5 heteroatoms. The first kappa shape index (κ1) is 13.0. The number of hydrogen-bond acceptors (Lipinski definition) is 4. The molecule has 0 radical (unpaired) electrons. The third-order valence-corrected chi connectivity index (χ3v) is 3.28. The van der Waals surface area contributed by atoms with E-state index in [2.05, 4.69) is 5.32 Å². The molecule has 1 atom stereocenters. The van der Waals surface area contributed by atoms with Crippen molar-refractivity contribution in [2.45, 2.75) is 25.4 Å². The normalized spacial score (nSPS) is 16.5. The summed E-state index contributed by atoms with van der Waals surface area (Å²) in [4.78, 5) is 10.5. The Morgan fingerprint density at radius 1 is 1.44 bits per heavy atom. The predicted octanol–water partition coefficient (Wildman–Crippen LogP) is 1.50. The number of rotatable bonds is 7. The van der Waals surface area contributed by atoms with Crippen molar-refractivity contribution in [3.63, 3.8) is 0 Å². The molecule has 1 aliphatic rings. The minimum atomic E-state index is -0.353. The standard InChI is InChI=1S/C13H18N2O3/c16-13(11-5-6-11)9-14-8-7-10-3-1-2-4-12(10)15(17)18/h1-4,11,13-14,16H,5-9H2. The van der Waals surface area contributed by atoms with Crippen molar-refractivity contribution in [1.29, 1.82) is 0 Å². The Bertz CT molecular complexity index is 418. The van der Waals surface area contributed by atoms with Gasteiger partial charge in [0.25, 0.3) is 5.69 Å². The second kappa shape index (κ2) is 5.93. The van der Waals surface area contributed by atoms with Crippen molar-refractivity contribution in [2.24, 2.45) is 5.92 Å². The first-order valence-electron chi connectivity index (χ1n) is 6.29. The lowest BCUT2D eigenvalue weighted by molar-refractivity contribution is -0.385. The predicted molar refractivity (Wildman–Crippen MR) is 68.4 cm³/mol. The number of nitro groups is 1. The molecule has 0 amide bonds. The summed E-state index contributed by atoms with van der Waals surface area (Å²) in [6, 6.07) is 6.78. The number of nitro benzene ring substituents is 1. The average Bonchev–Trinajstić information content (AvgIpc) is 3.19. The molecule has 1 aliphatic carbocycles. The fourth-order valence-corrected chi connectivity index (χ4v) is 2.02. The summed E-state index contributed by atoms with van der Waals surface area (Å²) in [5, 5.41) is 23.6. The van der Waals surface area contributed by atoms with E-state index >= 15 is 0 Å². The highest BCUT2D eigenvalue weighted by atomic mass is 16.6. The Morgan fingerprint density at radius 2 is 2.17 bits per heavy atom. The van der Waals surface area contributed by atoms with Crippen molar-refractivity contribution in [1.82, 2.24) is 5.32 Å². The van der Waals surface area contributed by atoms with Gasteiger partial charge in [0.15, 0.2) is 0 Å². The minimum absolute atomic E-state index is 0.169. The van der Waals surface area contributed by atoms with Crippen molar-refractivity contribution >= 4 is 5.69 Å². The molecule has 1 saturated carbocycles. The number of nitrogens with one attached hydrogen (secondary N) is 1. The van der Waals surface area contributed by atoms with E-state index in [1.807, 2.05) is 0 Å². The first-order valence-corrected chi connectivity index (χ1v) is 6.29. The van der Waals surface area contributed by atoms with Crippen LogP contribution in [0.15, 0.2) is 24.3 Å². The van der Waals surface area contributed by atoms with E-state index in [1.54, 1.807) is 18.2 Å². The largest absolute Gasteiger partial charge is 0.392 e. The summed E-state index contributed by atoms with van der Waals surface area (Å²) < 4.78 is 0. The number of aliphatic hydroxyl groups is 1. The van der Waals surface area contributed by atoms with E-state index in [4.69, 9.17) is 0 Å². The Morgan fingerprint density at radius 3 is 2.83 bits per heavy atom. The lowest BCUT2D eigenvalue weighted by atomic mass is 10.1. The van der Waals surface area contributed by atoms with Crippen LogP contribution in [0.4, 0.5) is 5.69 Å². The molecule has 2 rings (SSSR count). The van der Waals surface area contributed by atoms with E-state index in [0.717, 1.165) is 18.4 Å². The maximum absolute atomic E-state index is 10.8. The smallest absolute Gasteiger partial charge is 0.272 e. The highest BCUT2D eigenvalue weighted by molar-refractivity contribution is 5.39. The zero-order valence-corrected chi connectivity index (χ0v) is 10.2. The lowest BCUT2D eigenvalue weighted by Gasteiger charge is -2.10. The van der Waals surface area contributed by atoms with E-state index in [9.17, 15) is 15.2 Å². The highest BCUT2D eigenvalue weighted by Gasteiger charge is 2.29. The molecule has 1 unspecified atom stereocenters. The quantitative estimate of drug-likeness (QED) is 0.437. The third kappa shape index (κ3) is 3.51. The van der Waals surface area contributed by atoms with E-state index in [-0.39, 0.29) is 16.7 Å². The molecule has 0 bridgehead atoms. The molecule has 98 valence electrons. The molecular weight excluding hydrogens is 232 g/mol. The molecule has 0 heterocycles. The fraction of sp³-hybridized carbons (Fsp3) is 0.538. The zero-order valence-electron chi connectivity index (χ0n) is 10.2. The number of hydrogen-bond donors (Lipinski definition) is 2. The number of aliphatic hydroxyl groups excluding tert-OH is 1. The summed E-state index contributed by atoms with van der Waals surface area (Å²) in [5.74, 6) is 0.462. The first-order chi connectivity index (χ1) is 8.68. The lowest BCUT2D eigenvalue weighted by Crippen LogP contribution is -2.29. The monoisotopic (exact) mass is 250 g/mol. The average molecular weight is 250 g/mol. The van der Waals surface area contributed by atoms with E-state index in [1.165, 1.54) is 6.07 Å². The van der Waals surface area contributed by atoms with Crippen molar-refractivity contribution in [2.75, 3.05) is 13.1 Å². The van der Waals surface area contributed by atoms with Crippen molar-refractivity contribution < 1.29 is 10.0 Å². The van der Waals surface area contributed by atoms with Crippen LogP contribution in [0.1, 0.15) is 18.4 Å². The summed E-state index contributed by atoms with van der Waals surface area (Å²) in [7, 11) is 0. The van der Waals surface area contributed by atoms with Crippen LogP contribution in [0.3, 0.4) is 0 Å². The summed E-state index contributed by atoms with van der Waals surface area (Å²) >= 11 is 0. The van der Waals surface area contributed by atoms with Crippen LogP contribution < -0.4 is 5.32 Å². The van der Waals surface area contributed by atoms with Crippen LogP contribution in [0.5, 0.6) is 0 Å². The molecule has 0 spiro atoms. The van der Waals surface area contributed by atoms with Crippen LogP contribution in [0, 0.1) is 16.0 Å². The number of benzene rings is 1. The Hall–Kier alpha value is -1.46. The second-order valence-electron chi connectivity index (χ2n) is 4.74. The molecule has 0 aromatic heterocycles. The van der Waals surface area contributed by atoms with Crippen molar-refractivity contribution in [3.8, 4) is 0 Å². The van der Waals surface area contributed by atoms with Gasteiger partial charge in [0.1, 0.15) is 0 Å². The van der Waals surface area contributed by atoms with E-state index < -0.39 is 0 Å². The van der Waals surface area contributed by atoms with E-state index in [0.29, 0.717) is 25.4 Å². The molecule has 1 aromatic rings. The highest BCUT2D eigenvalue weighted by Crippen LogP contribution is 2.32. The van der Waals surface area contributed by atoms with Gasteiger partial charge < -0.3 is 10.4 Å². The van der Waals surface area contributed by atoms with Crippen LogP contribution in [0.2, 0.25) is 0 Å². The van der Waals surface area contributed by atoms with Gasteiger partial charge in [0.2, 0.25) is 0 Å². The van der Waals surface area contributed by atoms with Gasteiger partial charge in [0, 0.05) is 18.2 Å². The van der Waals surface area contributed by atoms with Gasteiger partial charge in [-0.3, -0.25) is 10.1 Å². The van der Waals surface area contributed by atoms with Gasteiger partial charge in [-0.15, -0.1) is 0 Å². The molecule has 5 nitrogen and oxygen atoms in total. The maximum atomic E-state index is 10.8. The molecular formula is C13H18N2O3.